The largest absolute Gasteiger partial charge is 0.305 e. The molecule has 2 aromatic rings. The molecule has 114 valence electrons. The highest BCUT2D eigenvalue weighted by Gasteiger charge is 2.13. The fraction of sp³-hybridized carbons (Fsp3) is 0.467. The van der Waals surface area contributed by atoms with Crippen molar-refractivity contribution in [2.75, 3.05) is 17.3 Å². The molecule has 6 heteroatoms. The SMILES string of the molecule is CC(C)CSCCSc1nnc(-c2ccccc2Cl)n1C. The van der Waals surface area contributed by atoms with Gasteiger partial charge in [-0.25, -0.2) is 0 Å². The molecule has 0 aliphatic rings. The number of thioether (sulfide) groups is 2. The van der Waals surface area contributed by atoms with Crippen LogP contribution in [0.4, 0.5) is 0 Å². The third-order valence-corrected chi connectivity index (χ3v) is 5.86. The van der Waals surface area contributed by atoms with Crippen LogP contribution in [0.2, 0.25) is 5.02 Å². The zero-order valence-corrected chi connectivity index (χ0v) is 14.9. The summed E-state index contributed by atoms with van der Waals surface area (Å²) in [6.07, 6.45) is 0. The van der Waals surface area contributed by atoms with Gasteiger partial charge in [-0.1, -0.05) is 49.3 Å². The Kier molecular flexibility index (Phi) is 6.45. The molecule has 2 rings (SSSR count). The summed E-state index contributed by atoms with van der Waals surface area (Å²) < 4.78 is 2.01. The Hall–Kier alpha value is -0.650. The second-order valence-electron chi connectivity index (χ2n) is 5.16. The lowest BCUT2D eigenvalue weighted by molar-refractivity contribution is 0.750. The Balaban J connectivity index is 1.96. The van der Waals surface area contributed by atoms with Crippen LogP contribution in [-0.2, 0) is 7.05 Å². The van der Waals surface area contributed by atoms with E-state index in [4.69, 9.17) is 11.6 Å². The molecule has 0 spiro atoms. The molecule has 21 heavy (non-hydrogen) atoms. The minimum atomic E-state index is 0.706. The maximum atomic E-state index is 6.22. The minimum Gasteiger partial charge on any atom is -0.305 e. The van der Waals surface area contributed by atoms with E-state index in [1.165, 1.54) is 5.75 Å². The average molecular weight is 342 g/mol. The summed E-state index contributed by atoms with van der Waals surface area (Å²) in [6.45, 7) is 4.50. The minimum absolute atomic E-state index is 0.706. The van der Waals surface area contributed by atoms with Gasteiger partial charge in [-0.3, -0.25) is 0 Å². The number of hydrogen-bond donors (Lipinski definition) is 0. The first-order valence-electron chi connectivity index (χ1n) is 6.94. The predicted molar refractivity (Wildman–Crippen MR) is 94.3 cm³/mol. The summed E-state index contributed by atoms with van der Waals surface area (Å²) in [7, 11) is 1.99. The first kappa shape index (κ1) is 16.7. The van der Waals surface area contributed by atoms with Crippen molar-refractivity contribution in [3.8, 4) is 11.4 Å². The molecule has 0 unspecified atom stereocenters. The third-order valence-electron chi connectivity index (χ3n) is 2.86. The van der Waals surface area contributed by atoms with E-state index < -0.39 is 0 Å². The van der Waals surface area contributed by atoms with Gasteiger partial charge in [0.15, 0.2) is 11.0 Å². The molecule has 0 radical (unpaired) electrons. The molecule has 0 bridgehead atoms. The van der Waals surface area contributed by atoms with Crippen LogP contribution in [-0.4, -0.2) is 32.0 Å². The highest BCUT2D eigenvalue weighted by molar-refractivity contribution is 8.02. The molecule has 3 nitrogen and oxygen atoms in total. The van der Waals surface area contributed by atoms with Crippen molar-refractivity contribution in [3.63, 3.8) is 0 Å². The standard InChI is InChI=1S/C15H20ClN3S2/c1-11(2)10-20-8-9-21-15-18-17-14(19(15)3)12-6-4-5-7-13(12)16/h4-7,11H,8-10H2,1-3H3. The third kappa shape index (κ3) is 4.66. The topological polar surface area (TPSA) is 30.7 Å². The first-order valence-corrected chi connectivity index (χ1v) is 9.46. The zero-order valence-electron chi connectivity index (χ0n) is 12.5. The quantitative estimate of drug-likeness (QED) is 0.543. The van der Waals surface area contributed by atoms with E-state index in [9.17, 15) is 0 Å². The van der Waals surface area contributed by atoms with Crippen molar-refractivity contribution in [2.24, 2.45) is 13.0 Å². The van der Waals surface area contributed by atoms with E-state index in [-0.39, 0.29) is 0 Å². The van der Waals surface area contributed by atoms with Crippen LogP contribution in [0.15, 0.2) is 29.4 Å². The second kappa shape index (κ2) is 8.11. The van der Waals surface area contributed by atoms with Crippen molar-refractivity contribution in [1.29, 1.82) is 0 Å². The van der Waals surface area contributed by atoms with Gasteiger partial charge in [0.2, 0.25) is 0 Å². The van der Waals surface area contributed by atoms with E-state index in [0.29, 0.717) is 5.02 Å². The number of hydrogen-bond acceptors (Lipinski definition) is 4. The fourth-order valence-electron chi connectivity index (χ4n) is 1.83. The van der Waals surface area contributed by atoms with Crippen molar-refractivity contribution in [2.45, 2.75) is 19.0 Å². The van der Waals surface area contributed by atoms with Gasteiger partial charge in [0.25, 0.3) is 0 Å². The summed E-state index contributed by atoms with van der Waals surface area (Å²) in [5, 5.41) is 10.2. The summed E-state index contributed by atoms with van der Waals surface area (Å²) in [4.78, 5) is 0. The lowest BCUT2D eigenvalue weighted by atomic mass is 10.2. The molecular formula is C15H20ClN3S2. The van der Waals surface area contributed by atoms with Crippen LogP contribution in [0.5, 0.6) is 0 Å². The molecule has 0 aliphatic heterocycles. The summed E-state index contributed by atoms with van der Waals surface area (Å²) in [5.41, 5.74) is 0.926. The molecular weight excluding hydrogens is 322 g/mol. The molecule has 0 fully saturated rings. The highest BCUT2D eigenvalue weighted by atomic mass is 35.5. The second-order valence-corrected chi connectivity index (χ2v) is 7.78. The predicted octanol–water partition coefficient (Wildman–Crippen LogP) is 4.62. The molecule has 1 aromatic heterocycles. The number of nitrogens with zero attached hydrogens (tertiary/aromatic N) is 3. The Morgan fingerprint density at radius 1 is 1.19 bits per heavy atom. The van der Waals surface area contributed by atoms with Gasteiger partial charge in [0, 0.05) is 24.1 Å². The summed E-state index contributed by atoms with van der Waals surface area (Å²) in [6, 6.07) is 7.73. The number of benzene rings is 1. The van der Waals surface area contributed by atoms with Crippen molar-refractivity contribution in [3.05, 3.63) is 29.3 Å². The maximum Gasteiger partial charge on any atom is 0.191 e. The van der Waals surface area contributed by atoms with Gasteiger partial charge >= 0.3 is 0 Å². The van der Waals surface area contributed by atoms with E-state index >= 15 is 0 Å². The van der Waals surface area contributed by atoms with Gasteiger partial charge in [-0.05, 0) is 23.8 Å². The van der Waals surface area contributed by atoms with E-state index in [1.807, 2.05) is 47.6 Å². The molecule has 0 aliphatic carbocycles. The molecule has 0 atom stereocenters. The fourth-order valence-corrected chi connectivity index (χ4v) is 4.05. The number of aromatic nitrogens is 3. The molecule has 1 aromatic carbocycles. The number of halogens is 1. The summed E-state index contributed by atoms with van der Waals surface area (Å²) >= 11 is 9.96. The smallest absolute Gasteiger partial charge is 0.191 e. The monoisotopic (exact) mass is 341 g/mol. The highest BCUT2D eigenvalue weighted by Crippen LogP contribution is 2.28. The molecule has 1 heterocycles. The van der Waals surface area contributed by atoms with Crippen molar-refractivity contribution in [1.82, 2.24) is 14.8 Å². The van der Waals surface area contributed by atoms with Gasteiger partial charge in [0.05, 0.1) is 5.02 Å². The summed E-state index contributed by atoms with van der Waals surface area (Å²) in [5.74, 6) is 4.97. The normalized spacial score (nSPS) is 11.3. The number of rotatable bonds is 7. The van der Waals surface area contributed by atoms with Crippen LogP contribution >= 0.6 is 35.1 Å². The lowest BCUT2D eigenvalue weighted by Gasteiger charge is -2.06. The Labute approximate surface area is 139 Å². The van der Waals surface area contributed by atoms with Gasteiger partial charge < -0.3 is 4.57 Å². The van der Waals surface area contributed by atoms with Gasteiger partial charge in [0.1, 0.15) is 0 Å². The van der Waals surface area contributed by atoms with Crippen LogP contribution < -0.4 is 0 Å². The Morgan fingerprint density at radius 2 is 1.95 bits per heavy atom. The molecule has 0 saturated heterocycles. The van der Waals surface area contributed by atoms with Crippen LogP contribution in [0.1, 0.15) is 13.8 Å². The van der Waals surface area contributed by atoms with Crippen molar-refractivity contribution < 1.29 is 0 Å². The van der Waals surface area contributed by atoms with Crippen LogP contribution in [0, 0.1) is 5.92 Å². The van der Waals surface area contributed by atoms with Crippen molar-refractivity contribution >= 4 is 35.1 Å². The van der Waals surface area contributed by atoms with E-state index in [1.54, 1.807) is 11.8 Å². The molecule has 0 amide bonds. The maximum absolute atomic E-state index is 6.22. The first-order chi connectivity index (χ1) is 10.1. The van der Waals surface area contributed by atoms with Gasteiger partial charge in [-0.15, -0.1) is 10.2 Å². The van der Waals surface area contributed by atoms with E-state index in [0.717, 1.165) is 34.0 Å². The average Bonchev–Trinajstić information content (AvgIpc) is 2.80. The Morgan fingerprint density at radius 3 is 2.67 bits per heavy atom. The molecule has 0 N–H and O–H groups in total. The molecule has 0 saturated carbocycles. The van der Waals surface area contributed by atoms with Gasteiger partial charge in [-0.2, -0.15) is 11.8 Å². The van der Waals surface area contributed by atoms with E-state index in [2.05, 4.69) is 24.0 Å². The zero-order chi connectivity index (χ0) is 15.2. The lowest BCUT2D eigenvalue weighted by Crippen LogP contribution is -1.97. The Bertz CT molecular complexity index is 584. The van der Waals surface area contributed by atoms with Crippen LogP contribution in [0.25, 0.3) is 11.4 Å². The van der Waals surface area contributed by atoms with Crippen LogP contribution in [0.3, 0.4) is 0 Å².